The first-order valence-corrected chi connectivity index (χ1v) is 7.69. The number of hydrogen-bond donors (Lipinski definition) is 1. The number of rotatable bonds is 4. The summed E-state index contributed by atoms with van der Waals surface area (Å²) >= 11 is 0. The second-order valence-electron chi connectivity index (χ2n) is 4.68. The molecule has 1 N–H and O–H groups in total. The van der Waals surface area contributed by atoms with E-state index in [1.807, 2.05) is 30.3 Å². The molecule has 106 valence electrons. The average molecular weight is 293 g/mol. The Morgan fingerprint density at radius 1 is 1.05 bits per heavy atom. The summed E-state index contributed by atoms with van der Waals surface area (Å²) in [6.07, 6.45) is 0. The molecule has 5 heteroatoms. The lowest BCUT2D eigenvalue weighted by molar-refractivity contribution is 0.578. The van der Waals surface area contributed by atoms with Gasteiger partial charge >= 0.3 is 0 Å². The van der Waals surface area contributed by atoms with E-state index in [2.05, 4.69) is 4.72 Å². The summed E-state index contributed by atoms with van der Waals surface area (Å²) in [6.45, 7) is 3.39. The number of benzene rings is 2. The van der Waals surface area contributed by atoms with E-state index in [-0.39, 0.29) is 11.4 Å². The molecule has 0 saturated carbocycles. The Hall–Kier alpha value is -1.72. The SMILES string of the molecule is Cc1cc(F)cc(C)c1S(=O)(=O)NCc1ccccc1. The molecule has 0 saturated heterocycles. The van der Waals surface area contributed by atoms with Crippen LogP contribution in [0.15, 0.2) is 47.4 Å². The van der Waals surface area contributed by atoms with Crippen LogP contribution in [0.2, 0.25) is 0 Å². The van der Waals surface area contributed by atoms with Crippen molar-refractivity contribution in [3.63, 3.8) is 0 Å². The van der Waals surface area contributed by atoms with Crippen molar-refractivity contribution in [2.75, 3.05) is 0 Å². The third-order valence-electron chi connectivity index (χ3n) is 3.00. The van der Waals surface area contributed by atoms with Gasteiger partial charge in [-0.15, -0.1) is 0 Å². The lowest BCUT2D eigenvalue weighted by atomic mass is 10.1. The highest BCUT2D eigenvalue weighted by Gasteiger charge is 2.19. The van der Waals surface area contributed by atoms with Crippen LogP contribution in [0.25, 0.3) is 0 Å². The van der Waals surface area contributed by atoms with E-state index in [9.17, 15) is 12.8 Å². The normalized spacial score (nSPS) is 11.6. The second-order valence-corrected chi connectivity index (χ2v) is 6.38. The van der Waals surface area contributed by atoms with Crippen molar-refractivity contribution < 1.29 is 12.8 Å². The van der Waals surface area contributed by atoms with Gasteiger partial charge in [-0.25, -0.2) is 17.5 Å². The van der Waals surface area contributed by atoms with Gasteiger partial charge in [0.05, 0.1) is 4.90 Å². The van der Waals surface area contributed by atoms with E-state index in [0.717, 1.165) is 5.56 Å². The van der Waals surface area contributed by atoms with Gasteiger partial charge in [0.15, 0.2) is 0 Å². The molecule has 0 aliphatic carbocycles. The molecular formula is C15H16FNO2S. The molecule has 2 aromatic carbocycles. The van der Waals surface area contributed by atoms with E-state index in [1.165, 1.54) is 12.1 Å². The highest BCUT2D eigenvalue weighted by molar-refractivity contribution is 7.89. The van der Waals surface area contributed by atoms with E-state index >= 15 is 0 Å². The molecular weight excluding hydrogens is 277 g/mol. The van der Waals surface area contributed by atoms with Crippen LogP contribution < -0.4 is 4.72 Å². The maximum absolute atomic E-state index is 13.2. The molecule has 0 unspecified atom stereocenters. The van der Waals surface area contributed by atoms with Gasteiger partial charge in [0.2, 0.25) is 10.0 Å². The third kappa shape index (κ3) is 3.23. The Morgan fingerprint density at radius 3 is 2.15 bits per heavy atom. The predicted molar refractivity (Wildman–Crippen MR) is 76.3 cm³/mol. The van der Waals surface area contributed by atoms with Crippen molar-refractivity contribution in [1.29, 1.82) is 0 Å². The van der Waals surface area contributed by atoms with E-state index in [4.69, 9.17) is 0 Å². The first kappa shape index (κ1) is 14.7. The van der Waals surface area contributed by atoms with Gasteiger partial charge in [0, 0.05) is 6.54 Å². The predicted octanol–water partition coefficient (Wildman–Crippen LogP) is 2.92. The lowest BCUT2D eigenvalue weighted by Gasteiger charge is -2.12. The fourth-order valence-electron chi connectivity index (χ4n) is 2.17. The van der Waals surface area contributed by atoms with E-state index in [0.29, 0.717) is 11.1 Å². The summed E-state index contributed by atoms with van der Waals surface area (Å²) < 4.78 is 40.4. The molecule has 0 atom stereocenters. The summed E-state index contributed by atoms with van der Waals surface area (Å²) in [4.78, 5) is 0.148. The first-order valence-electron chi connectivity index (χ1n) is 6.20. The molecule has 0 heterocycles. The largest absolute Gasteiger partial charge is 0.241 e. The maximum Gasteiger partial charge on any atom is 0.241 e. The van der Waals surface area contributed by atoms with Crippen LogP contribution in [0.3, 0.4) is 0 Å². The summed E-state index contributed by atoms with van der Waals surface area (Å²) in [5.74, 6) is -0.429. The van der Waals surface area contributed by atoms with Gasteiger partial charge in [-0.3, -0.25) is 0 Å². The van der Waals surface area contributed by atoms with Crippen molar-refractivity contribution in [2.24, 2.45) is 0 Å². The Bertz CT molecular complexity index is 689. The first-order chi connectivity index (χ1) is 9.40. The molecule has 0 spiro atoms. The number of aryl methyl sites for hydroxylation is 2. The van der Waals surface area contributed by atoms with Crippen molar-refractivity contribution in [2.45, 2.75) is 25.3 Å². The van der Waals surface area contributed by atoms with Gasteiger partial charge in [-0.2, -0.15) is 0 Å². The van der Waals surface area contributed by atoms with Gasteiger partial charge in [-0.05, 0) is 42.7 Å². The zero-order valence-electron chi connectivity index (χ0n) is 11.4. The Kier molecular flexibility index (Phi) is 4.20. The van der Waals surface area contributed by atoms with Crippen molar-refractivity contribution in [3.8, 4) is 0 Å². The Morgan fingerprint density at radius 2 is 1.60 bits per heavy atom. The highest BCUT2D eigenvalue weighted by Crippen LogP contribution is 2.21. The molecule has 0 aliphatic heterocycles. The minimum atomic E-state index is -3.65. The number of nitrogens with one attached hydrogen (secondary N) is 1. The minimum absolute atomic E-state index is 0.148. The molecule has 2 rings (SSSR count). The fraction of sp³-hybridized carbons (Fsp3) is 0.200. The second kappa shape index (κ2) is 5.73. The van der Waals surface area contributed by atoms with Gasteiger partial charge in [0.1, 0.15) is 5.82 Å². The van der Waals surface area contributed by atoms with Crippen molar-refractivity contribution in [1.82, 2.24) is 4.72 Å². The third-order valence-corrected chi connectivity index (χ3v) is 4.71. The Balaban J connectivity index is 2.28. The summed E-state index contributed by atoms with van der Waals surface area (Å²) in [5, 5.41) is 0. The van der Waals surface area contributed by atoms with Gasteiger partial charge in [-0.1, -0.05) is 30.3 Å². The highest BCUT2D eigenvalue weighted by atomic mass is 32.2. The van der Waals surface area contributed by atoms with E-state index in [1.54, 1.807) is 13.8 Å². The minimum Gasteiger partial charge on any atom is -0.207 e. The number of hydrogen-bond acceptors (Lipinski definition) is 2. The van der Waals surface area contributed by atoms with Crippen LogP contribution in [-0.2, 0) is 16.6 Å². The van der Waals surface area contributed by atoms with Crippen LogP contribution in [0.1, 0.15) is 16.7 Å². The molecule has 0 radical (unpaired) electrons. The maximum atomic E-state index is 13.2. The number of halogens is 1. The fourth-order valence-corrected chi connectivity index (χ4v) is 3.63. The van der Waals surface area contributed by atoms with Crippen LogP contribution in [-0.4, -0.2) is 8.42 Å². The van der Waals surface area contributed by atoms with Crippen LogP contribution >= 0.6 is 0 Å². The van der Waals surface area contributed by atoms with Crippen molar-refractivity contribution in [3.05, 3.63) is 65.0 Å². The summed E-state index contributed by atoms with van der Waals surface area (Å²) in [6, 6.07) is 11.7. The number of sulfonamides is 1. The lowest BCUT2D eigenvalue weighted by Crippen LogP contribution is -2.25. The van der Waals surface area contributed by atoms with Gasteiger partial charge in [0.25, 0.3) is 0 Å². The molecule has 0 aliphatic rings. The molecule has 3 nitrogen and oxygen atoms in total. The van der Waals surface area contributed by atoms with Crippen LogP contribution in [0.4, 0.5) is 4.39 Å². The molecule has 0 amide bonds. The van der Waals surface area contributed by atoms with Crippen molar-refractivity contribution >= 4 is 10.0 Å². The average Bonchev–Trinajstić information content (AvgIpc) is 2.36. The zero-order valence-corrected chi connectivity index (χ0v) is 12.2. The van der Waals surface area contributed by atoms with Gasteiger partial charge < -0.3 is 0 Å². The standard InChI is InChI=1S/C15H16FNO2S/c1-11-8-14(16)9-12(2)15(11)20(18,19)17-10-13-6-4-3-5-7-13/h3-9,17H,10H2,1-2H3. The zero-order chi connectivity index (χ0) is 14.8. The molecule has 2 aromatic rings. The molecule has 0 fully saturated rings. The van der Waals surface area contributed by atoms with Crippen LogP contribution in [0, 0.1) is 19.7 Å². The van der Waals surface area contributed by atoms with Crippen LogP contribution in [0.5, 0.6) is 0 Å². The summed E-state index contributed by atoms with van der Waals surface area (Å²) in [5.41, 5.74) is 1.68. The molecule has 0 bridgehead atoms. The molecule has 20 heavy (non-hydrogen) atoms. The van der Waals surface area contributed by atoms with E-state index < -0.39 is 15.8 Å². The summed E-state index contributed by atoms with van der Waals surface area (Å²) in [7, 11) is -3.65. The monoisotopic (exact) mass is 293 g/mol. The Labute approximate surface area is 118 Å². The molecule has 0 aromatic heterocycles. The topological polar surface area (TPSA) is 46.2 Å². The smallest absolute Gasteiger partial charge is 0.207 e. The quantitative estimate of drug-likeness (QED) is 0.942.